The third-order valence-electron chi connectivity index (χ3n) is 7.21. The van der Waals surface area contributed by atoms with Gasteiger partial charge in [-0.1, -0.05) is 113 Å². The Hall–Kier alpha value is -1.63. The number of amides is 1. The second-order valence-electron chi connectivity index (χ2n) is 10.6. The number of thioether (sulfide) groups is 1. The van der Waals surface area contributed by atoms with E-state index in [1.165, 1.54) is 81.9 Å². The standard InChI is InChI=1S/C33H47ClN2O2S.BrH/c1-3-4-5-6-7-8-9-10-11-12-13-14-21-38-33-29(18-16-20-31(33)34)23-32(37)35-30-19-15-17-28(22-30)24-36-26-39-25-27(36)2;/h15-20,22,25H,3-14,21,23-24,26H2,1-2H3,(H,35,37);1H. The van der Waals surface area contributed by atoms with Crippen molar-refractivity contribution >= 4 is 51.9 Å². The molecule has 7 heteroatoms. The van der Waals surface area contributed by atoms with Crippen molar-refractivity contribution < 1.29 is 9.53 Å². The minimum Gasteiger partial charge on any atom is -0.492 e. The Balaban J connectivity index is 0.00000560. The molecule has 1 aliphatic rings. The van der Waals surface area contributed by atoms with Crippen LogP contribution in [-0.4, -0.2) is 23.3 Å². The van der Waals surface area contributed by atoms with Gasteiger partial charge in [0, 0.05) is 23.5 Å². The molecule has 0 fully saturated rings. The van der Waals surface area contributed by atoms with E-state index in [0.29, 0.717) is 17.4 Å². The van der Waals surface area contributed by atoms with Gasteiger partial charge in [-0.2, -0.15) is 0 Å². The summed E-state index contributed by atoms with van der Waals surface area (Å²) in [5.41, 5.74) is 4.10. The quantitative estimate of drug-likeness (QED) is 0.154. The van der Waals surface area contributed by atoms with Gasteiger partial charge in [-0.05, 0) is 42.5 Å². The zero-order chi connectivity index (χ0) is 27.7. The smallest absolute Gasteiger partial charge is 0.228 e. The number of para-hydroxylation sites is 1. The zero-order valence-electron chi connectivity index (χ0n) is 24.4. The Bertz CT molecular complexity index is 1050. The molecule has 0 saturated carbocycles. The molecule has 0 bridgehead atoms. The summed E-state index contributed by atoms with van der Waals surface area (Å²) in [6.45, 7) is 5.87. The summed E-state index contributed by atoms with van der Waals surface area (Å²) in [5, 5.41) is 5.81. The Morgan fingerprint density at radius 3 is 2.25 bits per heavy atom. The van der Waals surface area contributed by atoms with Crippen molar-refractivity contribution in [2.24, 2.45) is 0 Å². The first-order valence-corrected chi connectivity index (χ1v) is 16.3. The van der Waals surface area contributed by atoms with E-state index >= 15 is 0 Å². The van der Waals surface area contributed by atoms with Gasteiger partial charge in [0.15, 0.2) is 0 Å². The van der Waals surface area contributed by atoms with Crippen LogP contribution in [0.15, 0.2) is 53.6 Å². The molecule has 0 unspecified atom stereocenters. The first-order chi connectivity index (χ1) is 19.1. The Morgan fingerprint density at radius 2 is 1.60 bits per heavy atom. The summed E-state index contributed by atoms with van der Waals surface area (Å²) in [4.78, 5) is 15.2. The summed E-state index contributed by atoms with van der Waals surface area (Å²) >= 11 is 8.28. The van der Waals surface area contributed by atoms with E-state index in [0.717, 1.165) is 30.1 Å². The number of allylic oxidation sites excluding steroid dienone is 1. The number of hydrogen-bond acceptors (Lipinski definition) is 4. The molecule has 3 rings (SSSR count). The first kappa shape index (κ1) is 34.6. The maximum Gasteiger partial charge on any atom is 0.228 e. The molecule has 40 heavy (non-hydrogen) atoms. The lowest BCUT2D eigenvalue weighted by Gasteiger charge is -2.19. The topological polar surface area (TPSA) is 41.6 Å². The number of hydrogen-bond donors (Lipinski definition) is 1. The molecule has 1 heterocycles. The Labute approximate surface area is 262 Å². The molecule has 0 spiro atoms. The highest BCUT2D eigenvalue weighted by Crippen LogP contribution is 2.30. The van der Waals surface area contributed by atoms with E-state index in [1.54, 1.807) is 0 Å². The van der Waals surface area contributed by atoms with Crippen molar-refractivity contribution in [2.75, 3.05) is 17.8 Å². The number of ether oxygens (including phenoxy) is 1. The van der Waals surface area contributed by atoms with Crippen molar-refractivity contribution in [1.82, 2.24) is 4.90 Å². The highest BCUT2D eigenvalue weighted by molar-refractivity contribution is 8.93. The van der Waals surface area contributed by atoms with Crippen LogP contribution in [-0.2, 0) is 17.8 Å². The maximum atomic E-state index is 12.9. The SMILES string of the molecule is Br.CCCCCCCCCCCCCCOc1c(Cl)cccc1CC(=O)Nc1cccc(CN2CSC=C2C)c1. The molecule has 1 amide bonds. The molecule has 1 N–H and O–H groups in total. The Morgan fingerprint density at radius 1 is 0.950 bits per heavy atom. The highest BCUT2D eigenvalue weighted by Gasteiger charge is 2.14. The molecule has 4 nitrogen and oxygen atoms in total. The third kappa shape index (κ3) is 12.9. The van der Waals surface area contributed by atoms with Crippen LogP contribution in [0.1, 0.15) is 102 Å². The van der Waals surface area contributed by atoms with Crippen molar-refractivity contribution in [2.45, 2.75) is 104 Å². The normalized spacial score (nSPS) is 12.7. The van der Waals surface area contributed by atoms with E-state index < -0.39 is 0 Å². The zero-order valence-corrected chi connectivity index (χ0v) is 27.7. The van der Waals surface area contributed by atoms with Gasteiger partial charge in [0.25, 0.3) is 0 Å². The van der Waals surface area contributed by atoms with Crippen LogP contribution < -0.4 is 10.1 Å². The molecular weight excluding hydrogens is 604 g/mol. The lowest BCUT2D eigenvalue weighted by molar-refractivity contribution is -0.115. The monoisotopic (exact) mass is 650 g/mol. The van der Waals surface area contributed by atoms with Crippen molar-refractivity contribution in [1.29, 1.82) is 0 Å². The van der Waals surface area contributed by atoms with E-state index in [4.69, 9.17) is 16.3 Å². The van der Waals surface area contributed by atoms with Crippen LogP contribution in [0, 0.1) is 0 Å². The fourth-order valence-corrected chi connectivity index (χ4v) is 6.10. The summed E-state index contributed by atoms with van der Waals surface area (Å²) in [6, 6.07) is 13.7. The van der Waals surface area contributed by atoms with Gasteiger partial charge in [-0.25, -0.2) is 0 Å². The fourth-order valence-electron chi connectivity index (χ4n) is 4.91. The second-order valence-corrected chi connectivity index (χ2v) is 11.9. The van der Waals surface area contributed by atoms with Crippen LogP contribution in [0.2, 0.25) is 5.02 Å². The largest absolute Gasteiger partial charge is 0.492 e. The van der Waals surface area contributed by atoms with E-state index in [-0.39, 0.29) is 29.3 Å². The molecule has 2 aromatic rings. The minimum atomic E-state index is -0.0718. The van der Waals surface area contributed by atoms with Gasteiger partial charge in [-0.15, -0.1) is 28.7 Å². The molecular formula is C33H48BrClN2O2S. The maximum absolute atomic E-state index is 12.9. The van der Waals surface area contributed by atoms with Gasteiger partial charge in [-0.3, -0.25) is 4.79 Å². The van der Waals surface area contributed by atoms with Crippen molar-refractivity contribution in [3.8, 4) is 5.75 Å². The lowest BCUT2D eigenvalue weighted by Crippen LogP contribution is -2.18. The number of rotatable bonds is 19. The van der Waals surface area contributed by atoms with Crippen molar-refractivity contribution in [3.63, 3.8) is 0 Å². The number of nitrogens with one attached hydrogen (secondary N) is 1. The number of benzene rings is 2. The Kier molecular flexibility index (Phi) is 17.5. The number of halogens is 2. The number of nitrogens with zero attached hydrogens (tertiary/aromatic N) is 1. The summed E-state index contributed by atoms with van der Waals surface area (Å²) in [7, 11) is 0. The second kappa shape index (κ2) is 20.3. The molecule has 0 radical (unpaired) electrons. The number of carbonyl (C=O) groups is 1. The predicted molar refractivity (Wildman–Crippen MR) is 179 cm³/mol. The van der Waals surface area contributed by atoms with Crippen LogP contribution >= 0.6 is 40.3 Å². The van der Waals surface area contributed by atoms with Gasteiger partial charge >= 0.3 is 0 Å². The summed E-state index contributed by atoms with van der Waals surface area (Å²) < 4.78 is 6.09. The highest BCUT2D eigenvalue weighted by atomic mass is 79.9. The summed E-state index contributed by atoms with van der Waals surface area (Å²) in [5.74, 6) is 1.54. The average Bonchev–Trinajstić information content (AvgIpc) is 3.32. The first-order valence-electron chi connectivity index (χ1n) is 14.9. The van der Waals surface area contributed by atoms with E-state index in [9.17, 15) is 4.79 Å². The molecule has 0 aliphatic carbocycles. The third-order valence-corrected chi connectivity index (χ3v) is 8.48. The molecule has 0 atom stereocenters. The van der Waals surface area contributed by atoms with Crippen LogP contribution in [0.5, 0.6) is 5.75 Å². The molecule has 0 aromatic heterocycles. The summed E-state index contributed by atoms with van der Waals surface area (Å²) in [6.07, 6.45) is 16.0. The van der Waals surface area contributed by atoms with Gasteiger partial charge in [0.1, 0.15) is 5.75 Å². The average molecular weight is 652 g/mol. The molecule has 222 valence electrons. The molecule has 0 saturated heterocycles. The lowest BCUT2D eigenvalue weighted by atomic mass is 10.1. The van der Waals surface area contributed by atoms with E-state index in [1.807, 2.05) is 42.1 Å². The number of anilines is 1. The predicted octanol–water partition coefficient (Wildman–Crippen LogP) is 10.5. The van der Waals surface area contributed by atoms with Gasteiger partial charge in [0.2, 0.25) is 5.91 Å². The minimum absolute atomic E-state index is 0. The van der Waals surface area contributed by atoms with E-state index in [2.05, 4.69) is 41.6 Å². The van der Waals surface area contributed by atoms with Crippen LogP contribution in [0.3, 0.4) is 0 Å². The molecule has 2 aromatic carbocycles. The fraction of sp³-hybridized carbons (Fsp3) is 0.545. The van der Waals surface area contributed by atoms with Gasteiger partial charge in [0.05, 0.1) is 23.9 Å². The number of unbranched alkanes of at least 4 members (excludes halogenated alkanes) is 11. The van der Waals surface area contributed by atoms with Crippen molar-refractivity contribution in [3.05, 3.63) is 69.7 Å². The number of carbonyl (C=O) groups excluding carboxylic acids is 1. The van der Waals surface area contributed by atoms with Gasteiger partial charge < -0.3 is 15.0 Å². The molecule has 1 aliphatic heterocycles. The van der Waals surface area contributed by atoms with Crippen LogP contribution in [0.4, 0.5) is 5.69 Å². The van der Waals surface area contributed by atoms with Crippen LogP contribution in [0.25, 0.3) is 0 Å².